The Morgan fingerprint density at radius 2 is 1.80 bits per heavy atom. The smallest absolute Gasteiger partial charge is 0.414 e. The predicted octanol–water partition coefficient (Wildman–Crippen LogP) is 1.36. The number of primary amides is 1. The number of allylic oxidation sites excluding steroid dienone is 2. The van der Waals surface area contributed by atoms with Crippen molar-refractivity contribution in [1.82, 2.24) is 10.2 Å². The van der Waals surface area contributed by atoms with Crippen LogP contribution in [-0.4, -0.2) is 81.9 Å². The molecule has 40 heavy (non-hydrogen) atoms. The van der Waals surface area contributed by atoms with Gasteiger partial charge in [-0.2, -0.15) is 5.90 Å². The van der Waals surface area contributed by atoms with E-state index in [9.17, 15) is 14.4 Å². The molecule has 2 saturated heterocycles. The first-order chi connectivity index (χ1) is 19.2. The number of carbonyl (C=O) groups excluding carboxylic acids is 4. The Bertz CT molecular complexity index is 1090. The van der Waals surface area contributed by atoms with Gasteiger partial charge < -0.3 is 35.2 Å². The summed E-state index contributed by atoms with van der Waals surface area (Å²) >= 11 is 0. The van der Waals surface area contributed by atoms with Crippen molar-refractivity contribution in [3.05, 3.63) is 35.6 Å². The minimum absolute atomic E-state index is 0.000273. The Balaban J connectivity index is 0.00000141. The van der Waals surface area contributed by atoms with Gasteiger partial charge in [0.25, 0.3) is 0 Å². The van der Waals surface area contributed by atoms with Crippen molar-refractivity contribution in [2.45, 2.75) is 31.8 Å². The summed E-state index contributed by atoms with van der Waals surface area (Å²) in [5, 5.41) is 2.42. The molecule has 220 valence electrons. The number of cyclic esters (lactones) is 1. The third-order valence-corrected chi connectivity index (χ3v) is 6.62. The molecule has 15 heteroatoms. The van der Waals surface area contributed by atoms with Crippen LogP contribution in [0.15, 0.2) is 24.0 Å². The number of ether oxygens (including phenoxy) is 2. The van der Waals surface area contributed by atoms with Gasteiger partial charge in [-0.15, -0.1) is 0 Å². The van der Waals surface area contributed by atoms with Crippen LogP contribution in [-0.2, 0) is 23.9 Å². The zero-order chi connectivity index (χ0) is 29.2. The van der Waals surface area contributed by atoms with E-state index < -0.39 is 29.9 Å². The molecule has 1 saturated carbocycles. The third kappa shape index (κ3) is 7.94. The fraction of sp³-hybridized carbons (Fsp3) is 0.520. The number of amides is 4. The van der Waals surface area contributed by atoms with Gasteiger partial charge in [-0.3, -0.25) is 14.5 Å². The van der Waals surface area contributed by atoms with Crippen molar-refractivity contribution >= 4 is 35.9 Å². The molecule has 1 aromatic carbocycles. The molecule has 3 fully saturated rings. The summed E-state index contributed by atoms with van der Waals surface area (Å²) in [6.07, 6.45) is 2.87. The summed E-state index contributed by atoms with van der Waals surface area (Å²) in [6, 6.07) is 2.16. The van der Waals surface area contributed by atoms with E-state index in [0.717, 1.165) is 35.6 Å². The minimum Gasteiger partial charge on any atom is -0.453 e. The number of anilines is 2. The number of nitrogens with two attached hydrogens (primary N) is 2. The molecule has 1 unspecified atom stereocenters. The summed E-state index contributed by atoms with van der Waals surface area (Å²) in [4.78, 5) is 53.8. The van der Waals surface area contributed by atoms with Crippen LogP contribution in [0.1, 0.15) is 25.7 Å². The molecule has 4 amide bonds. The molecule has 1 aromatic rings. The summed E-state index contributed by atoms with van der Waals surface area (Å²) in [7, 11) is 1.20. The maximum absolute atomic E-state index is 15.0. The van der Waals surface area contributed by atoms with E-state index >= 15 is 8.78 Å². The summed E-state index contributed by atoms with van der Waals surface area (Å²) in [5.41, 5.74) is 3.97. The van der Waals surface area contributed by atoms with Crippen LogP contribution in [0.4, 0.5) is 29.7 Å². The fourth-order valence-corrected chi connectivity index (χ4v) is 4.47. The Morgan fingerprint density at radius 1 is 1.18 bits per heavy atom. The molecular formula is C25H34F2N6O7. The van der Waals surface area contributed by atoms with Crippen molar-refractivity contribution in [3.8, 4) is 0 Å². The van der Waals surface area contributed by atoms with E-state index in [1.807, 2.05) is 6.08 Å². The maximum atomic E-state index is 15.0. The lowest BCUT2D eigenvalue weighted by molar-refractivity contribution is -0.131. The van der Waals surface area contributed by atoms with Crippen molar-refractivity contribution in [3.63, 3.8) is 0 Å². The van der Waals surface area contributed by atoms with Gasteiger partial charge in [0.15, 0.2) is 11.6 Å². The van der Waals surface area contributed by atoms with Gasteiger partial charge in [0.05, 0.1) is 25.9 Å². The predicted molar refractivity (Wildman–Crippen MR) is 139 cm³/mol. The molecule has 5 N–H and O–H groups in total. The van der Waals surface area contributed by atoms with Gasteiger partial charge in [-0.05, 0) is 25.3 Å². The molecule has 1 atom stereocenters. The number of piperazine rings is 1. The molecule has 0 radical (unpaired) electrons. The van der Waals surface area contributed by atoms with Crippen LogP contribution in [0.2, 0.25) is 0 Å². The lowest BCUT2D eigenvalue weighted by Gasteiger charge is -2.36. The number of hydrogen-bond acceptors (Lipinski definition) is 9. The molecule has 3 aliphatic rings. The number of methoxy groups -OCH3 is 1. The van der Waals surface area contributed by atoms with Crippen LogP contribution in [0.25, 0.3) is 0 Å². The van der Waals surface area contributed by atoms with E-state index in [4.69, 9.17) is 20.3 Å². The largest absolute Gasteiger partial charge is 0.453 e. The van der Waals surface area contributed by atoms with E-state index in [1.54, 1.807) is 9.80 Å². The second-order valence-electron chi connectivity index (χ2n) is 9.29. The number of nitrogens with zero attached hydrogens (tertiary/aromatic N) is 3. The van der Waals surface area contributed by atoms with Crippen LogP contribution < -0.4 is 26.7 Å². The highest BCUT2D eigenvalue weighted by Gasteiger charge is 2.34. The Hall–Kier alpha value is -4.14. The topological polar surface area (TPSA) is 170 Å². The summed E-state index contributed by atoms with van der Waals surface area (Å²) < 4.78 is 39.7. The first-order valence-electron chi connectivity index (χ1n) is 12.8. The van der Waals surface area contributed by atoms with Crippen LogP contribution in [0.5, 0.6) is 0 Å². The lowest BCUT2D eigenvalue weighted by Crippen LogP contribution is -2.49. The summed E-state index contributed by atoms with van der Waals surface area (Å²) in [5.74, 6) is 4.68. The van der Waals surface area contributed by atoms with E-state index in [-0.39, 0.29) is 49.9 Å². The monoisotopic (exact) mass is 568 g/mol. The van der Waals surface area contributed by atoms with Gasteiger partial charge in [0, 0.05) is 50.7 Å². The van der Waals surface area contributed by atoms with E-state index in [0.29, 0.717) is 31.8 Å². The fourth-order valence-electron chi connectivity index (χ4n) is 4.47. The molecule has 13 nitrogen and oxygen atoms in total. The number of hydrogen-bond donors (Lipinski definition) is 3. The Morgan fingerprint density at radius 3 is 2.35 bits per heavy atom. The zero-order valence-electron chi connectivity index (χ0n) is 22.1. The molecular weight excluding hydrogens is 534 g/mol. The molecule has 0 aromatic heterocycles. The highest BCUT2D eigenvalue weighted by Crippen LogP contribution is 2.36. The standard InChI is InChI=1S/C24H31F2N5O6.CH3NO/c1-35-23(33)28-13-17-14-31(24(34)36-17)16-11-18(25)22(19(26)12-16)30-9-7-29(8-10-30)21(32)4-2-3-20(37-27)15-5-6-15;2-1-3/h3,11-12,15,17H,2,4-10,13-14,27H2,1H3,(H,28,33);1H,(H2,2,3)/b20-3-;. The van der Waals surface area contributed by atoms with Crippen LogP contribution >= 0.6 is 0 Å². The van der Waals surface area contributed by atoms with Gasteiger partial charge >= 0.3 is 12.2 Å². The zero-order valence-corrected chi connectivity index (χ0v) is 22.1. The van der Waals surface area contributed by atoms with Gasteiger partial charge in [0.1, 0.15) is 17.6 Å². The Labute approximate surface area is 229 Å². The van der Waals surface area contributed by atoms with Gasteiger partial charge in [-0.25, -0.2) is 18.4 Å². The molecule has 2 aliphatic heterocycles. The quantitative estimate of drug-likeness (QED) is 0.226. The van der Waals surface area contributed by atoms with Gasteiger partial charge in [0.2, 0.25) is 12.3 Å². The number of carbonyl (C=O) groups is 4. The highest BCUT2D eigenvalue weighted by molar-refractivity contribution is 5.90. The van der Waals surface area contributed by atoms with Crippen LogP contribution in [0.3, 0.4) is 0 Å². The lowest BCUT2D eigenvalue weighted by atomic mass is 10.1. The molecule has 4 rings (SSSR count). The van der Waals surface area contributed by atoms with E-state index in [1.165, 1.54) is 7.11 Å². The van der Waals surface area contributed by atoms with Crippen molar-refractivity contribution in [2.24, 2.45) is 17.5 Å². The second-order valence-corrected chi connectivity index (χ2v) is 9.29. The molecule has 1 aliphatic carbocycles. The molecule has 0 spiro atoms. The van der Waals surface area contributed by atoms with Crippen molar-refractivity contribution in [1.29, 1.82) is 0 Å². The molecule has 0 bridgehead atoms. The first-order valence-corrected chi connectivity index (χ1v) is 12.8. The number of alkyl carbamates (subject to hydrolysis) is 1. The normalized spacial score (nSPS) is 18.9. The first kappa shape index (κ1) is 30.4. The summed E-state index contributed by atoms with van der Waals surface area (Å²) in [6.45, 7) is 1.21. The SMILES string of the molecule is COC(=O)NCC1CN(c2cc(F)c(N3CCN(C(=O)CC/C=C(\ON)C4CC4)CC3)c(F)c2)C(=O)O1.NC=O. The van der Waals surface area contributed by atoms with Crippen molar-refractivity contribution < 1.29 is 42.3 Å². The average molecular weight is 569 g/mol. The minimum atomic E-state index is -0.821. The second kappa shape index (κ2) is 14.3. The highest BCUT2D eigenvalue weighted by atomic mass is 19.1. The van der Waals surface area contributed by atoms with E-state index in [2.05, 4.69) is 15.8 Å². The number of rotatable bonds is 9. The van der Waals surface area contributed by atoms with Gasteiger partial charge in [-0.1, -0.05) is 0 Å². The number of nitrogens with one attached hydrogen (secondary N) is 1. The number of halogens is 2. The van der Waals surface area contributed by atoms with Crippen molar-refractivity contribution in [2.75, 3.05) is 56.2 Å². The maximum Gasteiger partial charge on any atom is 0.414 e. The average Bonchev–Trinajstić information content (AvgIpc) is 3.71. The van der Waals surface area contributed by atoms with Crippen LogP contribution in [0, 0.1) is 17.6 Å². The molecule has 2 heterocycles. The Kier molecular flexibility index (Phi) is 10.9. The number of benzene rings is 1. The third-order valence-electron chi connectivity index (χ3n) is 6.62.